The quantitative estimate of drug-likeness (QED) is 0.715. The van der Waals surface area contributed by atoms with E-state index in [2.05, 4.69) is 17.6 Å². The molecule has 1 heterocycles. The van der Waals surface area contributed by atoms with Crippen molar-refractivity contribution in [2.75, 3.05) is 0 Å². The molecule has 1 aliphatic carbocycles. The zero-order valence-electron chi connectivity index (χ0n) is 14.5. The number of alkyl halides is 3. The van der Waals surface area contributed by atoms with Gasteiger partial charge in [0.1, 0.15) is 6.07 Å². The number of hydrogen-bond acceptors (Lipinski definition) is 1. The van der Waals surface area contributed by atoms with Gasteiger partial charge in [0.25, 0.3) is 0 Å². The first-order valence-corrected chi connectivity index (χ1v) is 8.64. The van der Waals surface area contributed by atoms with Crippen LogP contribution in [0.3, 0.4) is 0 Å². The molecule has 5 heteroatoms. The van der Waals surface area contributed by atoms with Crippen LogP contribution in [0.5, 0.6) is 0 Å². The number of aromatic nitrogens is 1. The van der Waals surface area contributed by atoms with Crippen molar-refractivity contribution in [3.05, 3.63) is 57.9 Å². The molecule has 2 nitrogen and oxygen atoms in total. The van der Waals surface area contributed by atoms with Crippen molar-refractivity contribution in [1.29, 1.82) is 5.26 Å². The topological polar surface area (TPSA) is 28.7 Å². The van der Waals surface area contributed by atoms with Crippen LogP contribution in [-0.2, 0) is 19.1 Å². The van der Waals surface area contributed by atoms with Crippen LogP contribution in [0.25, 0.3) is 0 Å². The summed E-state index contributed by atoms with van der Waals surface area (Å²) in [6.45, 7) is 4.59. The lowest BCUT2D eigenvalue weighted by Gasteiger charge is -2.25. The molecule has 132 valence electrons. The maximum Gasteiger partial charge on any atom is 0.416 e. The number of halogens is 3. The van der Waals surface area contributed by atoms with Gasteiger partial charge in [-0.25, -0.2) is 0 Å². The molecule has 25 heavy (non-hydrogen) atoms. The maximum absolute atomic E-state index is 12.7. The Balaban J connectivity index is 2.01. The first-order valence-electron chi connectivity index (χ1n) is 8.64. The van der Waals surface area contributed by atoms with Gasteiger partial charge in [-0.05, 0) is 61.8 Å². The van der Waals surface area contributed by atoms with Crippen LogP contribution in [0.2, 0.25) is 0 Å². The molecule has 0 spiro atoms. The summed E-state index contributed by atoms with van der Waals surface area (Å²) < 4.78 is 40.4. The van der Waals surface area contributed by atoms with E-state index in [1.54, 1.807) is 0 Å². The number of fused-ring (bicyclic) bond motifs is 1. The average Bonchev–Trinajstić information content (AvgIpc) is 2.86. The Hall–Kier alpha value is -2.22. The van der Waals surface area contributed by atoms with E-state index in [0.29, 0.717) is 12.5 Å². The van der Waals surface area contributed by atoms with Crippen LogP contribution in [0.1, 0.15) is 65.7 Å². The summed E-state index contributed by atoms with van der Waals surface area (Å²) in [6.07, 6.45) is -0.207. The van der Waals surface area contributed by atoms with E-state index in [9.17, 15) is 18.4 Å². The molecule has 0 amide bonds. The molecule has 1 atom stereocenters. The van der Waals surface area contributed by atoms with Gasteiger partial charge in [-0.1, -0.05) is 19.1 Å². The third-order valence-electron chi connectivity index (χ3n) is 5.26. The van der Waals surface area contributed by atoms with Crippen molar-refractivity contribution >= 4 is 0 Å². The van der Waals surface area contributed by atoms with Gasteiger partial charge in [0.2, 0.25) is 0 Å². The zero-order chi connectivity index (χ0) is 18.2. The molecule has 0 bridgehead atoms. The molecule has 1 aromatic carbocycles. The third-order valence-corrected chi connectivity index (χ3v) is 5.26. The second-order valence-corrected chi connectivity index (χ2v) is 6.71. The lowest BCUT2D eigenvalue weighted by molar-refractivity contribution is -0.137. The van der Waals surface area contributed by atoms with Crippen LogP contribution in [0, 0.1) is 18.3 Å². The van der Waals surface area contributed by atoms with Gasteiger partial charge < -0.3 is 4.57 Å². The standard InChI is InChI=1S/C20H21F3N2/c1-3-15-5-4-6-17-18(11-24)13(2)25(19(15)17)12-14-7-9-16(10-8-14)20(21,22)23/h7-10,15H,3-6,12H2,1-2H3. The van der Waals surface area contributed by atoms with Gasteiger partial charge in [-0.15, -0.1) is 0 Å². The Labute approximate surface area is 145 Å². The molecule has 2 aromatic rings. The number of hydrogen-bond donors (Lipinski definition) is 0. The Morgan fingerprint density at radius 1 is 1.24 bits per heavy atom. The van der Waals surface area contributed by atoms with Gasteiger partial charge in [-0.3, -0.25) is 0 Å². The van der Waals surface area contributed by atoms with Crippen molar-refractivity contribution in [1.82, 2.24) is 4.57 Å². The highest BCUT2D eigenvalue weighted by molar-refractivity contribution is 5.49. The highest BCUT2D eigenvalue weighted by Crippen LogP contribution is 2.39. The van der Waals surface area contributed by atoms with Crippen molar-refractivity contribution in [3.63, 3.8) is 0 Å². The summed E-state index contributed by atoms with van der Waals surface area (Å²) in [6, 6.07) is 7.65. The van der Waals surface area contributed by atoms with Crippen molar-refractivity contribution < 1.29 is 13.2 Å². The summed E-state index contributed by atoms with van der Waals surface area (Å²) in [5.74, 6) is 0.416. The zero-order valence-corrected chi connectivity index (χ0v) is 14.5. The Bertz CT molecular complexity index is 807. The van der Waals surface area contributed by atoms with Crippen LogP contribution >= 0.6 is 0 Å². The fraction of sp³-hybridized carbons (Fsp3) is 0.450. The average molecular weight is 346 g/mol. The minimum atomic E-state index is -4.32. The van der Waals surface area contributed by atoms with Crippen LogP contribution in [-0.4, -0.2) is 4.57 Å². The first kappa shape index (κ1) is 17.6. The van der Waals surface area contributed by atoms with Crippen LogP contribution < -0.4 is 0 Å². The van der Waals surface area contributed by atoms with Gasteiger partial charge >= 0.3 is 6.18 Å². The highest BCUT2D eigenvalue weighted by Gasteiger charge is 2.31. The summed E-state index contributed by atoms with van der Waals surface area (Å²) >= 11 is 0. The molecule has 1 aromatic heterocycles. The number of rotatable bonds is 3. The maximum atomic E-state index is 12.7. The minimum Gasteiger partial charge on any atom is -0.343 e. The second-order valence-electron chi connectivity index (χ2n) is 6.71. The molecule has 0 aliphatic heterocycles. The molecule has 0 fully saturated rings. The molecule has 1 aliphatic rings. The van der Waals surface area contributed by atoms with Gasteiger partial charge in [-0.2, -0.15) is 18.4 Å². The van der Waals surface area contributed by atoms with E-state index >= 15 is 0 Å². The van der Waals surface area contributed by atoms with Crippen molar-refractivity contribution in [3.8, 4) is 6.07 Å². The predicted octanol–water partition coefficient (Wildman–Crippen LogP) is 5.57. The number of nitriles is 1. The molecule has 3 rings (SSSR count). The molecule has 0 N–H and O–H groups in total. The van der Waals surface area contributed by atoms with Crippen LogP contribution in [0.4, 0.5) is 13.2 Å². The smallest absolute Gasteiger partial charge is 0.343 e. The molecular formula is C20H21F3N2. The molecule has 0 saturated heterocycles. The van der Waals surface area contributed by atoms with Gasteiger partial charge in [0.05, 0.1) is 11.1 Å². The first-order chi connectivity index (χ1) is 11.9. The SMILES string of the molecule is CCC1CCCc2c(C#N)c(C)n(Cc3ccc(C(F)(F)F)cc3)c21. The van der Waals surface area contributed by atoms with E-state index in [0.717, 1.165) is 60.2 Å². The summed E-state index contributed by atoms with van der Waals surface area (Å²) in [5, 5.41) is 9.55. The van der Waals surface area contributed by atoms with Crippen molar-refractivity contribution in [2.24, 2.45) is 0 Å². The summed E-state index contributed by atoms with van der Waals surface area (Å²) in [7, 11) is 0. The molecule has 0 saturated carbocycles. The van der Waals surface area contributed by atoms with E-state index in [-0.39, 0.29) is 0 Å². The number of nitrogens with zero attached hydrogens (tertiary/aromatic N) is 2. The van der Waals surface area contributed by atoms with E-state index in [4.69, 9.17) is 0 Å². The van der Waals surface area contributed by atoms with Crippen molar-refractivity contribution in [2.45, 2.75) is 58.2 Å². The molecule has 1 unspecified atom stereocenters. The normalized spacial score (nSPS) is 17.2. The highest BCUT2D eigenvalue weighted by atomic mass is 19.4. The lowest BCUT2D eigenvalue weighted by Crippen LogP contribution is -2.15. The van der Waals surface area contributed by atoms with Crippen LogP contribution in [0.15, 0.2) is 24.3 Å². The Morgan fingerprint density at radius 2 is 1.92 bits per heavy atom. The van der Waals surface area contributed by atoms with E-state index in [1.807, 2.05) is 6.92 Å². The summed E-state index contributed by atoms with van der Waals surface area (Å²) in [4.78, 5) is 0. The fourth-order valence-electron chi connectivity index (χ4n) is 3.94. The minimum absolute atomic E-state index is 0.416. The van der Waals surface area contributed by atoms with E-state index < -0.39 is 11.7 Å². The largest absolute Gasteiger partial charge is 0.416 e. The Morgan fingerprint density at radius 3 is 2.48 bits per heavy atom. The third kappa shape index (κ3) is 3.18. The second kappa shape index (κ2) is 6.59. The van der Waals surface area contributed by atoms with E-state index in [1.165, 1.54) is 17.8 Å². The molecular weight excluding hydrogens is 325 g/mol. The molecule has 0 radical (unpaired) electrons. The monoisotopic (exact) mass is 346 g/mol. The Kier molecular flexibility index (Phi) is 4.64. The number of benzene rings is 1. The summed E-state index contributed by atoms with van der Waals surface area (Å²) in [5.41, 5.74) is 4.21. The van der Waals surface area contributed by atoms with Gasteiger partial charge in [0.15, 0.2) is 0 Å². The van der Waals surface area contributed by atoms with Gasteiger partial charge in [0, 0.05) is 17.9 Å². The lowest BCUT2D eigenvalue weighted by atomic mass is 9.84. The predicted molar refractivity (Wildman–Crippen MR) is 90.4 cm³/mol. The fourth-order valence-corrected chi connectivity index (χ4v) is 3.94.